The molecule has 1 unspecified atom stereocenters. The van der Waals surface area contributed by atoms with Gasteiger partial charge in [0.15, 0.2) is 0 Å². The fourth-order valence-corrected chi connectivity index (χ4v) is 7.51. The van der Waals surface area contributed by atoms with Crippen LogP contribution in [0.4, 0.5) is 5.69 Å². The lowest BCUT2D eigenvalue weighted by molar-refractivity contribution is 0.281. The molecule has 0 spiro atoms. The minimum atomic E-state index is -3.70. The van der Waals surface area contributed by atoms with Crippen LogP contribution in [0.5, 0.6) is 0 Å². The van der Waals surface area contributed by atoms with Crippen LogP contribution in [0.25, 0.3) is 0 Å². The summed E-state index contributed by atoms with van der Waals surface area (Å²) in [6, 6.07) is 7.54. The van der Waals surface area contributed by atoms with Crippen molar-refractivity contribution < 1.29 is 16.8 Å². The number of anilines is 1. The number of rotatable bonds is 5. The van der Waals surface area contributed by atoms with Crippen molar-refractivity contribution in [3.05, 3.63) is 40.1 Å². The predicted octanol–water partition coefficient (Wildman–Crippen LogP) is 3.59. The van der Waals surface area contributed by atoms with E-state index in [-0.39, 0.29) is 9.79 Å². The minimum Gasteiger partial charge on any atom is -0.280 e. The number of aryl methyl sites for hydroxylation is 2. The maximum absolute atomic E-state index is 12.8. The number of hydrogen-bond donors (Lipinski definition) is 1. The zero-order chi connectivity index (χ0) is 19.8. The van der Waals surface area contributed by atoms with Gasteiger partial charge in [0.1, 0.15) is 4.90 Å². The molecule has 1 aromatic heterocycles. The third kappa shape index (κ3) is 4.37. The summed E-state index contributed by atoms with van der Waals surface area (Å²) in [7, 11) is -7.25. The van der Waals surface area contributed by atoms with Crippen molar-refractivity contribution in [3.8, 4) is 0 Å². The van der Waals surface area contributed by atoms with E-state index in [9.17, 15) is 16.8 Å². The Hall–Kier alpha value is -1.42. The normalized spacial score (nSPS) is 19.1. The number of hydrogen-bond acceptors (Lipinski definition) is 5. The first-order valence-corrected chi connectivity index (χ1v) is 12.5. The molecule has 1 N–H and O–H groups in total. The second-order valence-electron chi connectivity index (χ2n) is 7.02. The zero-order valence-electron chi connectivity index (χ0n) is 15.6. The van der Waals surface area contributed by atoms with Crippen molar-refractivity contribution in [2.24, 2.45) is 5.92 Å². The Morgan fingerprint density at radius 2 is 1.78 bits per heavy atom. The highest BCUT2D eigenvalue weighted by Crippen LogP contribution is 2.28. The Morgan fingerprint density at radius 1 is 1.11 bits per heavy atom. The quantitative estimate of drug-likeness (QED) is 0.789. The summed E-state index contributed by atoms with van der Waals surface area (Å²) in [6.07, 6.45) is 1.89. The number of nitrogens with zero attached hydrogens (tertiary/aromatic N) is 1. The zero-order valence-corrected chi connectivity index (χ0v) is 18.0. The van der Waals surface area contributed by atoms with Gasteiger partial charge in [0.05, 0.1) is 4.90 Å². The van der Waals surface area contributed by atoms with Crippen LogP contribution in [0.15, 0.2) is 40.1 Å². The van der Waals surface area contributed by atoms with Gasteiger partial charge in [-0.2, -0.15) is 4.31 Å². The van der Waals surface area contributed by atoms with Gasteiger partial charge in [-0.25, -0.2) is 16.8 Å². The standard InChI is InChI=1S/C18H24N2O4S3/c1-13-5-4-10-20(12-13)27(23,24)17-8-6-16(7-9-17)19-26(21,22)18-11-14(2)25-15(18)3/h6-9,11,13,19H,4-5,10,12H2,1-3H3. The monoisotopic (exact) mass is 428 g/mol. The van der Waals surface area contributed by atoms with Crippen LogP contribution in [0.2, 0.25) is 0 Å². The van der Waals surface area contributed by atoms with Crippen molar-refractivity contribution in [2.75, 3.05) is 17.8 Å². The highest BCUT2D eigenvalue weighted by Gasteiger charge is 2.28. The fourth-order valence-electron chi connectivity index (χ4n) is 3.29. The van der Waals surface area contributed by atoms with Gasteiger partial charge < -0.3 is 0 Å². The molecule has 6 nitrogen and oxygen atoms in total. The molecule has 2 heterocycles. The molecule has 1 aliphatic heterocycles. The lowest BCUT2D eigenvalue weighted by atomic mass is 10.0. The number of nitrogens with one attached hydrogen (secondary N) is 1. The largest absolute Gasteiger partial charge is 0.280 e. The van der Waals surface area contributed by atoms with E-state index >= 15 is 0 Å². The number of benzene rings is 1. The minimum absolute atomic E-state index is 0.183. The van der Waals surface area contributed by atoms with Gasteiger partial charge in [0.2, 0.25) is 10.0 Å². The van der Waals surface area contributed by atoms with Gasteiger partial charge in [-0.1, -0.05) is 6.92 Å². The average Bonchev–Trinajstić information content (AvgIpc) is 2.94. The first kappa shape index (κ1) is 20.3. The highest BCUT2D eigenvalue weighted by molar-refractivity contribution is 7.93. The van der Waals surface area contributed by atoms with Crippen LogP contribution in [0.1, 0.15) is 29.5 Å². The topological polar surface area (TPSA) is 83.5 Å². The fraction of sp³-hybridized carbons (Fsp3) is 0.444. The van der Waals surface area contributed by atoms with Crippen LogP contribution in [0.3, 0.4) is 0 Å². The van der Waals surface area contributed by atoms with Gasteiger partial charge in [0.25, 0.3) is 10.0 Å². The summed E-state index contributed by atoms with van der Waals surface area (Å²) >= 11 is 1.42. The summed E-state index contributed by atoms with van der Waals surface area (Å²) in [5.41, 5.74) is 0.337. The molecule has 148 valence electrons. The van der Waals surface area contributed by atoms with Crippen LogP contribution in [0, 0.1) is 19.8 Å². The Bertz CT molecular complexity index is 1030. The summed E-state index contributed by atoms with van der Waals surface area (Å²) < 4.78 is 54.8. The summed E-state index contributed by atoms with van der Waals surface area (Å²) in [5, 5.41) is 0. The van der Waals surface area contributed by atoms with Crippen molar-refractivity contribution >= 4 is 37.1 Å². The molecule has 0 aliphatic carbocycles. The molecule has 1 atom stereocenters. The van der Waals surface area contributed by atoms with E-state index in [1.807, 2.05) is 13.8 Å². The number of thiophene rings is 1. The third-order valence-corrected chi connectivity index (χ3v) is 9.13. The van der Waals surface area contributed by atoms with E-state index in [1.165, 1.54) is 39.9 Å². The Morgan fingerprint density at radius 3 is 2.33 bits per heavy atom. The van der Waals surface area contributed by atoms with Crippen LogP contribution >= 0.6 is 11.3 Å². The Labute approximate surface area is 165 Å². The lowest BCUT2D eigenvalue weighted by Gasteiger charge is -2.30. The van der Waals surface area contributed by atoms with E-state index in [2.05, 4.69) is 4.72 Å². The van der Waals surface area contributed by atoms with E-state index in [0.29, 0.717) is 24.7 Å². The van der Waals surface area contributed by atoms with Gasteiger partial charge in [-0.3, -0.25) is 4.72 Å². The smallest absolute Gasteiger partial charge is 0.262 e. The first-order chi connectivity index (χ1) is 12.6. The molecule has 1 aromatic carbocycles. The number of sulfonamides is 2. The maximum Gasteiger partial charge on any atom is 0.262 e. The Kier molecular flexibility index (Phi) is 5.67. The van der Waals surface area contributed by atoms with E-state index < -0.39 is 20.0 Å². The summed E-state index contributed by atoms with van der Waals surface area (Å²) in [5.74, 6) is 0.344. The molecule has 0 amide bonds. The highest BCUT2D eigenvalue weighted by atomic mass is 32.2. The molecule has 0 bridgehead atoms. The molecule has 0 radical (unpaired) electrons. The van der Waals surface area contributed by atoms with E-state index in [1.54, 1.807) is 13.0 Å². The molecule has 1 saturated heterocycles. The molecule has 2 aromatic rings. The van der Waals surface area contributed by atoms with Crippen LogP contribution in [-0.4, -0.2) is 34.2 Å². The molecular weight excluding hydrogens is 404 g/mol. The molecule has 27 heavy (non-hydrogen) atoms. The van der Waals surface area contributed by atoms with Crippen molar-refractivity contribution in [1.82, 2.24) is 4.31 Å². The average molecular weight is 429 g/mol. The summed E-state index contributed by atoms with van der Waals surface area (Å²) in [4.78, 5) is 2.08. The van der Waals surface area contributed by atoms with Gasteiger partial charge in [0, 0.05) is 28.5 Å². The van der Waals surface area contributed by atoms with Crippen molar-refractivity contribution in [3.63, 3.8) is 0 Å². The maximum atomic E-state index is 12.8. The van der Waals surface area contributed by atoms with Crippen LogP contribution < -0.4 is 4.72 Å². The first-order valence-electron chi connectivity index (χ1n) is 8.79. The molecule has 1 aliphatic rings. The lowest BCUT2D eigenvalue weighted by Crippen LogP contribution is -2.39. The molecule has 0 saturated carbocycles. The van der Waals surface area contributed by atoms with E-state index in [0.717, 1.165) is 22.6 Å². The second kappa shape index (κ2) is 7.54. The molecular formula is C18H24N2O4S3. The van der Waals surface area contributed by atoms with Crippen molar-refractivity contribution in [1.29, 1.82) is 0 Å². The van der Waals surface area contributed by atoms with E-state index in [4.69, 9.17) is 0 Å². The van der Waals surface area contributed by atoms with Gasteiger partial charge in [-0.05, 0) is 62.9 Å². The van der Waals surface area contributed by atoms with Crippen LogP contribution in [-0.2, 0) is 20.0 Å². The number of piperidine rings is 1. The molecule has 3 rings (SSSR count). The SMILES string of the molecule is Cc1cc(S(=O)(=O)Nc2ccc(S(=O)(=O)N3CCCC(C)C3)cc2)c(C)s1. The molecule has 1 fully saturated rings. The van der Waals surface area contributed by atoms with Crippen molar-refractivity contribution in [2.45, 2.75) is 43.4 Å². The Balaban J connectivity index is 1.80. The third-order valence-electron chi connectivity index (χ3n) is 4.65. The van der Waals surface area contributed by atoms with Gasteiger partial charge >= 0.3 is 0 Å². The molecule has 9 heteroatoms. The predicted molar refractivity (Wildman–Crippen MR) is 108 cm³/mol. The second-order valence-corrected chi connectivity index (χ2v) is 12.1. The summed E-state index contributed by atoms with van der Waals surface area (Å²) in [6.45, 7) is 6.72. The van der Waals surface area contributed by atoms with Gasteiger partial charge in [-0.15, -0.1) is 11.3 Å².